The largest absolute Gasteiger partial charge is 0.489 e. The van der Waals surface area contributed by atoms with Gasteiger partial charge in [0.15, 0.2) is 5.96 Å². The van der Waals surface area contributed by atoms with E-state index in [-0.39, 0.29) is 48.2 Å². The fourth-order valence-electron chi connectivity index (χ4n) is 4.41. The second-order valence-electron chi connectivity index (χ2n) is 9.22. The topological polar surface area (TPSA) is 75.2 Å². The van der Waals surface area contributed by atoms with Crippen molar-refractivity contribution in [1.29, 1.82) is 0 Å². The Bertz CT molecular complexity index is 795. The number of halogens is 1. The molecule has 3 rings (SSSR count). The predicted molar refractivity (Wildman–Crippen MR) is 139 cm³/mol. The zero-order valence-electron chi connectivity index (χ0n) is 19.6. The summed E-state index contributed by atoms with van der Waals surface area (Å²) in [5, 5.41) is 6.94. The molecule has 32 heavy (non-hydrogen) atoms. The fourth-order valence-corrected chi connectivity index (χ4v) is 4.41. The van der Waals surface area contributed by atoms with Crippen LogP contribution < -0.4 is 15.4 Å². The van der Waals surface area contributed by atoms with Gasteiger partial charge in [-0.25, -0.2) is 4.79 Å². The first-order valence-electron chi connectivity index (χ1n) is 11.1. The molecule has 0 saturated carbocycles. The number of aliphatic imine (C=N–C) groups is 1. The van der Waals surface area contributed by atoms with Crippen molar-refractivity contribution in [2.45, 2.75) is 76.7 Å². The van der Waals surface area contributed by atoms with Gasteiger partial charge in [0.25, 0.3) is 0 Å². The maximum atomic E-state index is 12.7. The number of guanidine groups is 1. The summed E-state index contributed by atoms with van der Waals surface area (Å²) in [6.45, 7) is 10.5. The van der Waals surface area contributed by atoms with Gasteiger partial charge in [0.1, 0.15) is 18.0 Å². The van der Waals surface area contributed by atoms with Crippen LogP contribution in [-0.4, -0.2) is 54.3 Å². The van der Waals surface area contributed by atoms with Crippen LogP contribution in [0.3, 0.4) is 0 Å². The molecular formula is C24H37IN4O3. The van der Waals surface area contributed by atoms with Gasteiger partial charge in [0.05, 0.1) is 0 Å². The van der Waals surface area contributed by atoms with E-state index in [0.717, 1.165) is 43.0 Å². The average Bonchev–Trinajstić information content (AvgIpc) is 2.99. The third-order valence-electron chi connectivity index (χ3n) is 5.68. The predicted octanol–water partition coefficient (Wildman–Crippen LogP) is 4.46. The molecule has 2 bridgehead atoms. The fraction of sp³-hybridized carbons (Fsp3) is 0.583. The van der Waals surface area contributed by atoms with Crippen molar-refractivity contribution < 1.29 is 14.3 Å². The first-order chi connectivity index (χ1) is 14.8. The van der Waals surface area contributed by atoms with E-state index in [1.807, 2.05) is 49.9 Å². The van der Waals surface area contributed by atoms with Crippen LogP contribution in [0, 0.1) is 0 Å². The number of piperidine rings is 1. The van der Waals surface area contributed by atoms with Crippen LogP contribution in [0.25, 0.3) is 0 Å². The lowest BCUT2D eigenvalue weighted by atomic mass is 9.98. The molecule has 0 spiro atoms. The summed E-state index contributed by atoms with van der Waals surface area (Å²) in [6, 6.07) is 8.67. The Labute approximate surface area is 209 Å². The first kappa shape index (κ1) is 26.3. The van der Waals surface area contributed by atoms with E-state index in [0.29, 0.717) is 13.2 Å². The van der Waals surface area contributed by atoms with Crippen molar-refractivity contribution in [2.75, 3.05) is 13.7 Å². The molecule has 2 heterocycles. The Morgan fingerprint density at radius 1 is 1.25 bits per heavy atom. The molecular weight excluding hydrogens is 519 g/mol. The van der Waals surface area contributed by atoms with Crippen molar-refractivity contribution in [2.24, 2.45) is 4.99 Å². The lowest BCUT2D eigenvalue weighted by Crippen LogP contribution is -2.54. The van der Waals surface area contributed by atoms with Crippen LogP contribution in [0.15, 0.2) is 41.9 Å². The number of benzene rings is 1. The maximum Gasteiger partial charge on any atom is 0.410 e. The molecule has 0 aliphatic carbocycles. The molecule has 2 atom stereocenters. The van der Waals surface area contributed by atoms with Gasteiger partial charge < -0.3 is 25.0 Å². The summed E-state index contributed by atoms with van der Waals surface area (Å²) >= 11 is 0. The molecule has 1 amide bonds. The van der Waals surface area contributed by atoms with Gasteiger partial charge in [-0.05, 0) is 52.5 Å². The number of carbonyl (C=O) groups is 1. The number of nitrogens with zero attached hydrogens (tertiary/aromatic N) is 2. The molecule has 1 aromatic carbocycles. The van der Waals surface area contributed by atoms with Crippen LogP contribution in [-0.2, 0) is 11.3 Å². The maximum absolute atomic E-state index is 12.7. The Morgan fingerprint density at radius 2 is 1.91 bits per heavy atom. The van der Waals surface area contributed by atoms with Crippen LogP contribution in [0.1, 0.15) is 52.0 Å². The molecule has 2 aliphatic rings. The number of hydrogen-bond acceptors (Lipinski definition) is 4. The minimum Gasteiger partial charge on any atom is -0.489 e. The molecule has 2 aliphatic heterocycles. The van der Waals surface area contributed by atoms with E-state index in [1.165, 1.54) is 0 Å². The minimum atomic E-state index is -0.469. The van der Waals surface area contributed by atoms with E-state index in [9.17, 15) is 4.79 Å². The third kappa shape index (κ3) is 7.02. The highest BCUT2D eigenvalue weighted by molar-refractivity contribution is 14.0. The molecule has 2 saturated heterocycles. The average molecular weight is 556 g/mol. The van der Waals surface area contributed by atoms with Crippen LogP contribution in [0.2, 0.25) is 0 Å². The highest BCUT2D eigenvalue weighted by Gasteiger charge is 2.45. The SMILES string of the molecule is C=CCOc1ccccc1CNC(=NC)NC1CC2CCC(C1)N2C(=O)OC(C)(C)C.I. The van der Waals surface area contributed by atoms with E-state index < -0.39 is 5.60 Å². The molecule has 0 aromatic heterocycles. The van der Waals surface area contributed by atoms with E-state index in [4.69, 9.17) is 9.47 Å². The van der Waals surface area contributed by atoms with Crippen LogP contribution in [0.4, 0.5) is 4.79 Å². The van der Waals surface area contributed by atoms with Crippen molar-refractivity contribution in [3.8, 4) is 5.75 Å². The van der Waals surface area contributed by atoms with Gasteiger partial charge in [0.2, 0.25) is 0 Å². The summed E-state index contributed by atoms with van der Waals surface area (Å²) in [5.41, 5.74) is 0.593. The van der Waals surface area contributed by atoms with Crippen molar-refractivity contribution in [3.63, 3.8) is 0 Å². The number of amides is 1. The molecule has 2 unspecified atom stereocenters. The smallest absolute Gasteiger partial charge is 0.410 e. The molecule has 2 N–H and O–H groups in total. The van der Waals surface area contributed by atoms with Gasteiger partial charge in [0, 0.05) is 37.3 Å². The second-order valence-corrected chi connectivity index (χ2v) is 9.22. The van der Waals surface area contributed by atoms with Crippen LogP contribution >= 0.6 is 24.0 Å². The molecule has 0 radical (unpaired) electrons. The summed E-state index contributed by atoms with van der Waals surface area (Å²) in [5.74, 6) is 1.60. The first-order valence-corrected chi connectivity index (χ1v) is 11.1. The second kappa shape index (κ2) is 11.8. The van der Waals surface area contributed by atoms with Gasteiger partial charge in [-0.2, -0.15) is 0 Å². The molecule has 178 valence electrons. The molecule has 2 fully saturated rings. The van der Waals surface area contributed by atoms with E-state index in [2.05, 4.69) is 22.2 Å². The Kier molecular flexibility index (Phi) is 9.66. The monoisotopic (exact) mass is 556 g/mol. The number of fused-ring (bicyclic) bond motifs is 2. The summed E-state index contributed by atoms with van der Waals surface area (Å²) in [7, 11) is 1.78. The Morgan fingerprint density at radius 3 is 2.50 bits per heavy atom. The van der Waals surface area contributed by atoms with Gasteiger partial charge in [-0.3, -0.25) is 4.99 Å². The zero-order valence-corrected chi connectivity index (χ0v) is 21.9. The highest BCUT2D eigenvalue weighted by Crippen LogP contribution is 2.36. The van der Waals surface area contributed by atoms with Crippen molar-refractivity contribution in [3.05, 3.63) is 42.5 Å². The van der Waals surface area contributed by atoms with Crippen LogP contribution in [0.5, 0.6) is 5.75 Å². The number of rotatable bonds is 6. The van der Waals surface area contributed by atoms with Gasteiger partial charge in [-0.1, -0.05) is 30.9 Å². The number of para-hydroxylation sites is 1. The minimum absolute atomic E-state index is 0. The normalized spacial score (nSPS) is 22.6. The molecule has 7 nitrogen and oxygen atoms in total. The highest BCUT2D eigenvalue weighted by atomic mass is 127. The van der Waals surface area contributed by atoms with E-state index in [1.54, 1.807) is 13.1 Å². The number of nitrogens with one attached hydrogen (secondary N) is 2. The summed E-state index contributed by atoms with van der Waals surface area (Å²) in [6.07, 6.45) is 5.41. The van der Waals surface area contributed by atoms with Crippen molar-refractivity contribution >= 4 is 36.0 Å². The van der Waals surface area contributed by atoms with Gasteiger partial charge in [-0.15, -0.1) is 24.0 Å². The Balaban J connectivity index is 0.00000363. The lowest BCUT2D eigenvalue weighted by Gasteiger charge is -2.40. The number of carbonyl (C=O) groups excluding carboxylic acids is 1. The van der Waals surface area contributed by atoms with Crippen molar-refractivity contribution in [1.82, 2.24) is 15.5 Å². The Hall–Kier alpha value is -1.97. The van der Waals surface area contributed by atoms with E-state index >= 15 is 0 Å². The quantitative estimate of drug-likeness (QED) is 0.234. The zero-order chi connectivity index (χ0) is 22.4. The third-order valence-corrected chi connectivity index (χ3v) is 5.68. The lowest BCUT2D eigenvalue weighted by molar-refractivity contribution is 0.00545. The van der Waals surface area contributed by atoms with Gasteiger partial charge >= 0.3 is 6.09 Å². The molecule has 1 aromatic rings. The molecule has 8 heteroatoms. The number of hydrogen-bond donors (Lipinski definition) is 2. The standard InChI is InChI=1S/C24H36N4O3.HI/c1-6-13-30-21-10-8-7-9-17(21)16-26-22(25-5)27-18-14-19-11-12-20(15-18)28(19)23(29)31-24(2,3)4;/h6-10,18-20H,1,11-16H2,2-5H3,(H2,25,26,27);1H. The summed E-state index contributed by atoms with van der Waals surface area (Å²) in [4.78, 5) is 19.0. The summed E-state index contributed by atoms with van der Waals surface area (Å²) < 4.78 is 11.4. The number of ether oxygens (including phenoxy) is 2.